The summed E-state index contributed by atoms with van der Waals surface area (Å²) in [5.41, 5.74) is 14.7. The van der Waals surface area contributed by atoms with E-state index in [4.69, 9.17) is 34.3 Å². The maximum Gasteiger partial charge on any atom is 0.166 e. The Morgan fingerprint density at radius 1 is 0.352 bits per heavy atom. The van der Waals surface area contributed by atoms with E-state index in [9.17, 15) is 0 Å². The Morgan fingerprint density at radius 2 is 0.859 bits per heavy atom. The van der Waals surface area contributed by atoms with Gasteiger partial charge in [0.15, 0.2) is 34.9 Å². The number of benzene rings is 9. The van der Waals surface area contributed by atoms with Gasteiger partial charge in [0.05, 0.1) is 16.7 Å². The quantitative estimate of drug-likeness (QED) is 0.157. The summed E-state index contributed by atoms with van der Waals surface area (Å²) in [6, 6.07) is 73.2. The number of furan rings is 1. The topological polar surface area (TPSA) is 95.4 Å². The molecule has 0 radical (unpaired) electrons. The molecule has 8 heteroatoms. The fraction of sp³-hybridized carbons (Fsp3) is 0.0476. The molecular weight excluding hydrogens is 871 g/mol. The zero-order chi connectivity index (χ0) is 47.2. The van der Waals surface area contributed by atoms with E-state index >= 15 is 0 Å². The minimum absolute atomic E-state index is 0.164. The molecule has 0 N–H and O–H groups in total. The van der Waals surface area contributed by atoms with Gasteiger partial charge in [0.1, 0.15) is 11.2 Å². The molecule has 0 spiro atoms. The van der Waals surface area contributed by atoms with Crippen molar-refractivity contribution >= 4 is 43.7 Å². The van der Waals surface area contributed by atoms with Crippen LogP contribution in [0.5, 0.6) is 0 Å². The summed E-state index contributed by atoms with van der Waals surface area (Å²) < 4.78 is 8.74. The van der Waals surface area contributed by atoms with Crippen molar-refractivity contribution < 1.29 is 4.42 Å². The zero-order valence-corrected chi connectivity index (χ0v) is 38.7. The lowest BCUT2D eigenvalue weighted by molar-refractivity contribution is 0.661. The standard InChI is InChI=1S/C63H41N7O/c1-63(2)48-27-15-12-25-45(48)55-49(63)33-35-52-56(55)46-26-13-16-28-50(46)70(52)51-34-31-41(36-47(51)62-68-58(39-20-8-4-9-21-39)64-59(69-62)40-22-10-5-11-23-40)60-65-57(38-18-6-3-7-19-38)66-61(67-60)42-30-32-44-43-24-14-17-29-53(43)71-54(44)37-42/h3-37H,1-2H3. The summed E-state index contributed by atoms with van der Waals surface area (Å²) in [5, 5.41) is 4.48. The lowest BCUT2D eigenvalue weighted by Gasteiger charge is -2.21. The smallest absolute Gasteiger partial charge is 0.166 e. The summed E-state index contributed by atoms with van der Waals surface area (Å²) >= 11 is 0. The molecule has 0 atom stereocenters. The fourth-order valence-corrected chi connectivity index (χ4v) is 10.7. The number of rotatable bonds is 7. The van der Waals surface area contributed by atoms with Gasteiger partial charge in [0, 0.05) is 60.3 Å². The molecule has 0 amide bonds. The minimum atomic E-state index is -0.164. The van der Waals surface area contributed by atoms with Crippen LogP contribution in [0.25, 0.3) is 129 Å². The first-order valence-corrected chi connectivity index (χ1v) is 23.9. The van der Waals surface area contributed by atoms with Gasteiger partial charge in [-0.1, -0.05) is 178 Å². The molecule has 0 fully saturated rings. The SMILES string of the molecule is CC1(C)c2ccccc2-c2c1ccc1c2c2ccccc2n1-c1ccc(-c2nc(-c3ccccc3)nc(-c3ccc4c(c3)oc3ccccc34)n2)cc1-c1nc(-c2ccccc2)nc(-c2ccccc2)n1. The Labute approximate surface area is 408 Å². The molecular formula is C63H41N7O. The van der Waals surface area contributed by atoms with Crippen LogP contribution in [0, 0.1) is 0 Å². The van der Waals surface area contributed by atoms with E-state index in [1.54, 1.807) is 0 Å². The number of fused-ring (bicyclic) bond motifs is 10. The summed E-state index contributed by atoms with van der Waals surface area (Å²) in [5.74, 6) is 3.24. The number of hydrogen-bond donors (Lipinski definition) is 0. The van der Waals surface area contributed by atoms with Crippen LogP contribution in [0.15, 0.2) is 217 Å². The Morgan fingerprint density at radius 3 is 1.52 bits per heavy atom. The maximum atomic E-state index is 6.36. The van der Waals surface area contributed by atoms with E-state index in [1.165, 1.54) is 33.0 Å². The van der Waals surface area contributed by atoms with Crippen LogP contribution >= 0.6 is 0 Å². The lowest BCUT2D eigenvalue weighted by Crippen LogP contribution is -2.14. The molecule has 4 aromatic heterocycles. The first kappa shape index (κ1) is 40.6. The molecule has 1 aliphatic carbocycles. The van der Waals surface area contributed by atoms with Gasteiger partial charge in [-0.15, -0.1) is 0 Å². The van der Waals surface area contributed by atoms with Crippen LogP contribution in [0.1, 0.15) is 25.0 Å². The predicted molar refractivity (Wildman–Crippen MR) is 285 cm³/mol. The first-order chi connectivity index (χ1) is 34.9. The van der Waals surface area contributed by atoms with E-state index in [2.05, 4.69) is 115 Å². The van der Waals surface area contributed by atoms with Gasteiger partial charge in [0.2, 0.25) is 0 Å². The van der Waals surface area contributed by atoms with Crippen LogP contribution in [0.2, 0.25) is 0 Å². The molecule has 8 nitrogen and oxygen atoms in total. The second kappa shape index (κ2) is 15.8. The van der Waals surface area contributed by atoms with Gasteiger partial charge in [0.25, 0.3) is 0 Å². The van der Waals surface area contributed by atoms with Gasteiger partial charge in [-0.25, -0.2) is 29.9 Å². The highest BCUT2D eigenvalue weighted by Crippen LogP contribution is 2.53. The van der Waals surface area contributed by atoms with Crippen molar-refractivity contribution in [2.75, 3.05) is 0 Å². The molecule has 14 rings (SSSR count). The molecule has 0 unspecified atom stereocenters. The molecule has 0 saturated heterocycles. The highest BCUT2D eigenvalue weighted by molar-refractivity contribution is 6.18. The molecule has 0 bridgehead atoms. The van der Waals surface area contributed by atoms with Crippen molar-refractivity contribution in [3.63, 3.8) is 0 Å². The van der Waals surface area contributed by atoms with Crippen molar-refractivity contribution in [3.05, 3.63) is 223 Å². The van der Waals surface area contributed by atoms with E-state index in [-0.39, 0.29) is 5.41 Å². The van der Waals surface area contributed by atoms with Crippen LogP contribution in [-0.4, -0.2) is 34.5 Å². The fourth-order valence-electron chi connectivity index (χ4n) is 10.7. The van der Waals surface area contributed by atoms with Crippen LogP contribution in [-0.2, 0) is 5.41 Å². The third-order valence-corrected chi connectivity index (χ3v) is 14.1. The second-order valence-corrected chi connectivity index (χ2v) is 18.7. The number of nitrogens with zero attached hydrogens (tertiary/aromatic N) is 7. The molecule has 1 aliphatic rings. The second-order valence-electron chi connectivity index (χ2n) is 18.7. The monoisotopic (exact) mass is 911 g/mol. The lowest BCUT2D eigenvalue weighted by atomic mass is 9.82. The predicted octanol–water partition coefficient (Wildman–Crippen LogP) is 15.4. The van der Waals surface area contributed by atoms with Crippen molar-refractivity contribution in [2.45, 2.75) is 19.3 Å². The summed E-state index contributed by atoms with van der Waals surface area (Å²) in [7, 11) is 0. The molecule has 13 aromatic rings. The van der Waals surface area contributed by atoms with E-state index < -0.39 is 0 Å². The number of aromatic nitrogens is 7. The average molecular weight is 912 g/mol. The van der Waals surface area contributed by atoms with E-state index in [0.29, 0.717) is 34.9 Å². The van der Waals surface area contributed by atoms with Gasteiger partial charge < -0.3 is 8.98 Å². The molecule has 334 valence electrons. The molecule has 9 aromatic carbocycles. The van der Waals surface area contributed by atoms with Crippen LogP contribution in [0.3, 0.4) is 0 Å². The molecule has 0 aliphatic heterocycles. The Hall–Kier alpha value is -9.40. The van der Waals surface area contributed by atoms with Gasteiger partial charge in [-0.3, -0.25) is 0 Å². The van der Waals surface area contributed by atoms with Gasteiger partial charge in [-0.05, 0) is 70.8 Å². The third kappa shape index (κ3) is 6.52. The average Bonchev–Trinajstić information content (AvgIpc) is 4.06. The minimum Gasteiger partial charge on any atom is -0.456 e. The molecule has 4 heterocycles. The Balaban J connectivity index is 1.05. The van der Waals surface area contributed by atoms with Crippen molar-refractivity contribution in [1.82, 2.24) is 34.5 Å². The normalized spacial score (nSPS) is 12.8. The van der Waals surface area contributed by atoms with E-state index in [1.807, 2.05) is 115 Å². The maximum absolute atomic E-state index is 6.36. The van der Waals surface area contributed by atoms with Crippen molar-refractivity contribution in [3.8, 4) is 85.1 Å². The highest BCUT2D eigenvalue weighted by Gasteiger charge is 2.37. The third-order valence-electron chi connectivity index (χ3n) is 14.1. The zero-order valence-electron chi connectivity index (χ0n) is 38.7. The van der Waals surface area contributed by atoms with E-state index in [0.717, 1.165) is 72.0 Å². The number of para-hydroxylation sites is 2. The van der Waals surface area contributed by atoms with Crippen LogP contribution < -0.4 is 0 Å². The Bertz CT molecular complexity index is 4200. The van der Waals surface area contributed by atoms with Crippen LogP contribution in [0.4, 0.5) is 0 Å². The summed E-state index contributed by atoms with van der Waals surface area (Å²) in [4.78, 5) is 31.4. The van der Waals surface area contributed by atoms with Crippen molar-refractivity contribution in [1.29, 1.82) is 0 Å². The highest BCUT2D eigenvalue weighted by atomic mass is 16.3. The Kier molecular flexibility index (Phi) is 9.06. The van der Waals surface area contributed by atoms with Gasteiger partial charge >= 0.3 is 0 Å². The molecule has 0 saturated carbocycles. The summed E-state index contributed by atoms with van der Waals surface area (Å²) in [6.07, 6.45) is 0. The number of hydrogen-bond acceptors (Lipinski definition) is 7. The first-order valence-electron chi connectivity index (χ1n) is 23.9. The van der Waals surface area contributed by atoms with Gasteiger partial charge in [-0.2, -0.15) is 0 Å². The largest absolute Gasteiger partial charge is 0.456 e. The molecule has 71 heavy (non-hydrogen) atoms. The van der Waals surface area contributed by atoms with Crippen molar-refractivity contribution in [2.24, 2.45) is 0 Å². The summed E-state index contributed by atoms with van der Waals surface area (Å²) in [6.45, 7) is 4.67.